The van der Waals surface area contributed by atoms with E-state index in [2.05, 4.69) is 394 Å². The van der Waals surface area contributed by atoms with E-state index in [1.807, 2.05) is 0 Å². The van der Waals surface area contributed by atoms with Crippen molar-refractivity contribution in [2.45, 2.75) is 0 Å². The van der Waals surface area contributed by atoms with Gasteiger partial charge in [0.05, 0.1) is 55.5 Å². The summed E-state index contributed by atoms with van der Waals surface area (Å²) >= 11 is 0. The van der Waals surface area contributed by atoms with Gasteiger partial charge in [0, 0.05) is 65.4 Å². The van der Waals surface area contributed by atoms with E-state index in [4.69, 9.17) is 0 Å². The molecular weight excluding hydrogens is 1190 g/mol. The maximum Gasteiger partial charge on any atom is 0.0541 e. The number of hydrogen-bond donors (Lipinski definition) is 0. The number of hydrogen-bond acceptors (Lipinski definition) is 0. The summed E-state index contributed by atoms with van der Waals surface area (Å²) in [5, 5.41) is 12.6. The van der Waals surface area contributed by atoms with Crippen LogP contribution in [0.25, 0.3) is 176 Å². The van der Waals surface area contributed by atoms with Crippen molar-refractivity contribution < 1.29 is 0 Å². The highest BCUT2D eigenvalue weighted by Gasteiger charge is 2.21. The van der Waals surface area contributed by atoms with Crippen LogP contribution in [0.15, 0.2) is 376 Å². The first-order valence-electron chi connectivity index (χ1n) is 33.7. The van der Waals surface area contributed by atoms with Crippen LogP contribution >= 0.6 is 0 Å². The molecule has 4 nitrogen and oxygen atoms in total. The van der Waals surface area contributed by atoms with E-state index in [0.29, 0.717) is 0 Å². The van der Waals surface area contributed by atoms with Gasteiger partial charge in [-0.25, -0.2) is 0 Å². The summed E-state index contributed by atoms with van der Waals surface area (Å²) in [5.41, 5.74) is 26.6. The van der Waals surface area contributed by atoms with Gasteiger partial charge in [-0.1, -0.05) is 267 Å². The van der Waals surface area contributed by atoms with Crippen molar-refractivity contribution in [2.75, 3.05) is 0 Å². The summed E-state index contributed by atoms with van der Waals surface area (Å²) in [6.45, 7) is 0. The summed E-state index contributed by atoms with van der Waals surface area (Å²) < 4.78 is 9.65. The molecule has 0 bridgehead atoms. The minimum Gasteiger partial charge on any atom is -0.309 e. The second-order valence-corrected chi connectivity index (χ2v) is 25.5. The molecule has 0 amide bonds. The molecule has 0 aliphatic heterocycles. The number of fused-ring (bicyclic) bond motifs is 13. The Bertz CT molecular complexity index is 6460. The third-order valence-electron chi connectivity index (χ3n) is 20.0. The molecule has 0 aliphatic carbocycles. The van der Waals surface area contributed by atoms with Gasteiger partial charge < -0.3 is 18.3 Å². The maximum atomic E-state index is 2.43. The summed E-state index contributed by atoms with van der Waals surface area (Å²) in [4.78, 5) is 0. The zero-order valence-corrected chi connectivity index (χ0v) is 53.6. The summed E-state index contributed by atoms with van der Waals surface area (Å²) in [6.07, 6.45) is 0. The second-order valence-electron chi connectivity index (χ2n) is 25.5. The fraction of sp³-hybridized carbons (Fsp3) is 0. The average Bonchev–Trinajstić information content (AvgIpc) is 1.59. The van der Waals surface area contributed by atoms with Crippen LogP contribution in [0, 0.1) is 0 Å². The lowest BCUT2D eigenvalue weighted by Gasteiger charge is -2.14. The fourth-order valence-corrected chi connectivity index (χ4v) is 15.5. The van der Waals surface area contributed by atoms with E-state index in [0.717, 1.165) is 11.4 Å². The van der Waals surface area contributed by atoms with Crippen LogP contribution in [0.1, 0.15) is 0 Å². The molecule has 4 heteroatoms. The van der Waals surface area contributed by atoms with Crippen LogP contribution in [-0.4, -0.2) is 18.3 Å². The van der Waals surface area contributed by atoms with Crippen LogP contribution in [0.5, 0.6) is 0 Å². The van der Waals surface area contributed by atoms with E-state index < -0.39 is 0 Å². The molecule has 0 fully saturated rings. The Kier molecular flexibility index (Phi) is 13.5. The number of nitrogens with zero attached hydrogens (tertiary/aromatic N) is 4. The number of para-hydroxylation sites is 5. The smallest absolute Gasteiger partial charge is 0.0541 e. The Morgan fingerprint density at radius 1 is 0.143 bits per heavy atom. The third kappa shape index (κ3) is 9.45. The lowest BCUT2D eigenvalue weighted by atomic mass is 10.0. The van der Waals surface area contributed by atoms with Crippen molar-refractivity contribution in [2.24, 2.45) is 0 Å². The minimum absolute atomic E-state index is 1.16. The Balaban J connectivity index is 0.000000137. The first kappa shape index (κ1) is 56.5. The van der Waals surface area contributed by atoms with Crippen LogP contribution in [0.4, 0.5) is 0 Å². The van der Waals surface area contributed by atoms with Gasteiger partial charge in [0.2, 0.25) is 0 Å². The van der Waals surface area contributed by atoms with Crippen LogP contribution in [0.2, 0.25) is 0 Å². The Labute approximate surface area is 567 Å². The van der Waals surface area contributed by atoms with E-state index in [1.165, 1.54) is 165 Å². The van der Waals surface area contributed by atoms with Crippen molar-refractivity contribution in [1.82, 2.24) is 18.3 Å². The third-order valence-corrected chi connectivity index (χ3v) is 20.0. The quantitative estimate of drug-likeness (QED) is 0.137. The summed E-state index contributed by atoms with van der Waals surface area (Å²) in [5.74, 6) is 0. The molecule has 458 valence electrons. The standard InChI is InChI=1S/C48H32N2.C46H30N2/c1-3-14-33(15-4-1)35-18-13-19-38(30-35)49-45-24-11-8-21-40(45)42-31-36(26-28-47(42)49)37-27-29-48-43(32-37)41-22-9-12-25-46(41)50(48)44-23-10-7-20-39(44)34-16-5-2-6-17-34;1-2-11-31(12-3-1)32-21-25-36(26-22-32)47-43-18-8-6-16-38(43)40-29-34(23-27-45(40)47)35-24-28-46-41(30-35)39-17-7-9-19-44(39)48(46)42-20-10-14-33-13-4-5-15-37(33)42/h1-32H;1-30H. The van der Waals surface area contributed by atoms with E-state index in [9.17, 15) is 0 Å². The van der Waals surface area contributed by atoms with Gasteiger partial charge in [0.15, 0.2) is 0 Å². The molecular formula is C94H62N4. The molecule has 4 heterocycles. The van der Waals surface area contributed by atoms with Crippen molar-refractivity contribution >= 4 is 98.0 Å². The molecule has 4 aromatic heterocycles. The molecule has 0 atom stereocenters. The van der Waals surface area contributed by atoms with Crippen LogP contribution in [0.3, 0.4) is 0 Å². The van der Waals surface area contributed by atoms with E-state index in [-0.39, 0.29) is 0 Å². The highest BCUT2D eigenvalue weighted by molar-refractivity contribution is 6.15. The number of benzene rings is 16. The van der Waals surface area contributed by atoms with E-state index in [1.54, 1.807) is 0 Å². The highest BCUT2D eigenvalue weighted by atomic mass is 15.0. The average molecular weight is 1250 g/mol. The van der Waals surface area contributed by atoms with Crippen molar-refractivity contribution in [1.29, 1.82) is 0 Å². The maximum absolute atomic E-state index is 2.43. The molecule has 0 unspecified atom stereocenters. The van der Waals surface area contributed by atoms with Gasteiger partial charge in [0.1, 0.15) is 0 Å². The zero-order chi connectivity index (χ0) is 64.6. The Hall–Kier alpha value is -13.0. The first-order chi connectivity index (χ1) is 48.6. The van der Waals surface area contributed by atoms with Crippen molar-refractivity contribution in [3.05, 3.63) is 376 Å². The van der Waals surface area contributed by atoms with Crippen LogP contribution < -0.4 is 0 Å². The minimum atomic E-state index is 1.16. The molecule has 16 aromatic carbocycles. The zero-order valence-electron chi connectivity index (χ0n) is 53.6. The van der Waals surface area contributed by atoms with Gasteiger partial charge in [-0.3, -0.25) is 0 Å². The fourth-order valence-electron chi connectivity index (χ4n) is 15.5. The second kappa shape index (κ2) is 23.5. The lowest BCUT2D eigenvalue weighted by molar-refractivity contribution is 1.18. The van der Waals surface area contributed by atoms with Gasteiger partial charge >= 0.3 is 0 Å². The molecule has 0 saturated carbocycles. The summed E-state index contributed by atoms with van der Waals surface area (Å²) in [6, 6.07) is 137. The first-order valence-corrected chi connectivity index (χ1v) is 33.7. The van der Waals surface area contributed by atoms with E-state index >= 15 is 0 Å². The van der Waals surface area contributed by atoms with Crippen molar-refractivity contribution in [3.8, 4) is 78.4 Å². The molecule has 20 rings (SSSR count). The Morgan fingerprint density at radius 3 is 0.959 bits per heavy atom. The van der Waals surface area contributed by atoms with Gasteiger partial charge in [-0.2, -0.15) is 0 Å². The SMILES string of the molecule is c1ccc(-c2ccc(-n3c4ccccc4c4cc(-c5ccc6c(c5)c5ccccc5n6-c5cccc6ccccc56)ccc43)cc2)cc1.c1ccc(-c2cccc(-n3c4ccccc4c4cc(-c5ccc6c(c5)c5ccccc5n6-c5ccccc5-c5ccccc5)ccc43)c2)cc1. The van der Waals surface area contributed by atoms with Gasteiger partial charge in [-0.15, -0.1) is 0 Å². The lowest BCUT2D eigenvalue weighted by Crippen LogP contribution is -1.97. The molecule has 0 spiro atoms. The number of aromatic nitrogens is 4. The number of rotatable bonds is 9. The van der Waals surface area contributed by atoms with Crippen molar-refractivity contribution in [3.63, 3.8) is 0 Å². The molecule has 0 radical (unpaired) electrons. The normalized spacial score (nSPS) is 11.7. The molecule has 20 aromatic rings. The van der Waals surface area contributed by atoms with Gasteiger partial charge in [-0.05, 0) is 165 Å². The molecule has 0 N–H and O–H groups in total. The topological polar surface area (TPSA) is 19.7 Å². The van der Waals surface area contributed by atoms with Crippen LogP contribution in [-0.2, 0) is 0 Å². The molecule has 0 aliphatic rings. The predicted molar refractivity (Wildman–Crippen MR) is 415 cm³/mol. The highest BCUT2D eigenvalue weighted by Crippen LogP contribution is 2.43. The largest absolute Gasteiger partial charge is 0.309 e. The van der Waals surface area contributed by atoms with Gasteiger partial charge in [0.25, 0.3) is 0 Å². The predicted octanol–water partition coefficient (Wildman–Crippen LogP) is 25.2. The Morgan fingerprint density at radius 2 is 0.449 bits per heavy atom. The molecule has 98 heavy (non-hydrogen) atoms. The summed E-state index contributed by atoms with van der Waals surface area (Å²) in [7, 11) is 0. The molecule has 0 saturated heterocycles. The monoisotopic (exact) mass is 1250 g/mol.